The zero-order chi connectivity index (χ0) is 16.8. The first-order chi connectivity index (χ1) is 11.7. The molecule has 0 amide bonds. The molecule has 124 valence electrons. The fourth-order valence-corrected chi connectivity index (χ4v) is 2.27. The van der Waals surface area contributed by atoms with Crippen molar-refractivity contribution in [1.82, 2.24) is 14.9 Å². The summed E-state index contributed by atoms with van der Waals surface area (Å²) in [4.78, 5) is 0. The van der Waals surface area contributed by atoms with Crippen molar-refractivity contribution in [2.24, 2.45) is 0 Å². The van der Waals surface area contributed by atoms with E-state index in [-0.39, 0.29) is 0 Å². The van der Waals surface area contributed by atoms with Crippen LogP contribution in [-0.2, 0) is 13.2 Å². The number of hydrogen-bond acceptors (Lipinski definition) is 5. The van der Waals surface area contributed by atoms with Gasteiger partial charge in [-0.05, 0) is 35.4 Å². The van der Waals surface area contributed by atoms with Crippen LogP contribution in [0.2, 0.25) is 5.02 Å². The van der Waals surface area contributed by atoms with Crippen molar-refractivity contribution in [3.8, 4) is 11.5 Å². The van der Waals surface area contributed by atoms with Crippen LogP contribution in [-0.4, -0.2) is 22.0 Å². The number of ether oxygens (including phenoxy) is 2. The van der Waals surface area contributed by atoms with E-state index >= 15 is 0 Å². The zero-order valence-corrected chi connectivity index (χ0v) is 13.9. The van der Waals surface area contributed by atoms with Crippen LogP contribution in [0.4, 0.5) is 0 Å². The fourth-order valence-electron chi connectivity index (χ4n) is 2.15. The van der Waals surface area contributed by atoms with Gasteiger partial charge in [0.2, 0.25) is 0 Å². The predicted octanol–water partition coefficient (Wildman–Crippen LogP) is 3.26. The molecule has 24 heavy (non-hydrogen) atoms. The molecule has 0 fully saturated rings. The maximum Gasteiger partial charge on any atom is 0.161 e. The Morgan fingerprint density at radius 3 is 2.42 bits per heavy atom. The highest BCUT2D eigenvalue weighted by Crippen LogP contribution is 2.29. The quantitative estimate of drug-likeness (QED) is 0.712. The molecule has 3 rings (SSSR count). The summed E-state index contributed by atoms with van der Waals surface area (Å²) < 4.78 is 13.0. The molecule has 1 aromatic heterocycles. The molecule has 0 bridgehead atoms. The van der Waals surface area contributed by atoms with Crippen LogP contribution in [0.1, 0.15) is 11.1 Å². The van der Waals surface area contributed by atoms with Gasteiger partial charge in [-0.1, -0.05) is 29.8 Å². The Labute approximate surface area is 145 Å². The lowest BCUT2D eigenvalue weighted by Crippen LogP contribution is -2.12. The maximum absolute atomic E-state index is 5.88. The monoisotopic (exact) mass is 344 g/mol. The van der Waals surface area contributed by atoms with Gasteiger partial charge in [0.1, 0.15) is 19.3 Å². The van der Waals surface area contributed by atoms with Crippen LogP contribution < -0.4 is 14.9 Å². The molecule has 0 aliphatic rings. The second kappa shape index (κ2) is 7.70. The lowest BCUT2D eigenvalue weighted by atomic mass is 10.2. The molecule has 7 heteroatoms. The highest BCUT2D eigenvalue weighted by Gasteiger charge is 2.06. The van der Waals surface area contributed by atoms with Crippen LogP contribution in [0.5, 0.6) is 11.5 Å². The molecule has 0 saturated heterocycles. The van der Waals surface area contributed by atoms with Gasteiger partial charge in [0.05, 0.1) is 13.7 Å². The van der Waals surface area contributed by atoms with Gasteiger partial charge >= 0.3 is 0 Å². The van der Waals surface area contributed by atoms with E-state index in [1.54, 1.807) is 24.4 Å². The van der Waals surface area contributed by atoms with E-state index < -0.39 is 0 Å². The van der Waals surface area contributed by atoms with Crippen molar-refractivity contribution in [2.75, 3.05) is 12.5 Å². The summed E-state index contributed by atoms with van der Waals surface area (Å²) in [6, 6.07) is 13.4. The molecule has 0 spiro atoms. The molecule has 0 aliphatic heterocycles. The number of hydrogen-bond donors (Lipinski definition) is 1. The fraction of sp³-hybridized carbons (Fsp3) is 0.176. The van der Waals surface area contributed by atoms with Crippen molar-refractivity contribution >= 4 is 11.6 Å². The SMILES string of the molecule is COc1cc(CNn2cnnc2)ccc1OCc1ccc(Cl)cc1. The minimum Gasteiger partial charge on any atom is -0.493 e. The van der Waals surface area contributed by atoms with Gasteiger partial charge in [-0.25, -0.2) is 4.68 Å². The molecule has 0 aliphatic carbocycles. The normalized spacial score (nSPS) is 10.4. The van der Waals surface area contributed by atoms with Crippen LogP contribution >= 0.6 is 11.6 Å². The number of nitrogens with one attached hydrogen (secondary N) is 1. The summed E-state index contributed by atoms with van der Waals surface area (Å²) in [5.74, 6) is 1.38. The minimum absolute atomic E-state index is 0.450. The van der Waals surface area contributed by atoms with Gasteiger partial charge in [0.25, 0.3) is 0 Å². The molecule has 0 radical (unpaired) electrons. The Kier molecular flexibility index (Phi) is 5.18. The second-order valence-electron chi connectivity index (χ2n) is 5.10. The smallest absolute Gasteiger partial charge is 0.161 e. The van der Waals surface area contributed by atoms with E-state index in [0.717, 1.165) is 11.1 Å². The maximum atomic E-state index is 5.88. The number of nitrogens with zero attached hydrogens (tertiary/aromatic N) is 3. The largest absolute Gasteiger partial charge is 0.493 e. The standard InChI is InChI=1S/C17H17ClN4O2/c1-23-17-8-14(9-21-22-11-19-20-12-22)4-7-16(17)24-10-13-2-5-15(18)6-3-13/h2-8,11-12,21H,9-10H2,1H3. The number of rotatable bonds is 7. The van der Waals surface area contributed by atoms with Crippen molar-refractivity contribution in [3.05, 3.63) is 71.3 Å². The van der Waals surface area contributed by atoms with Gasteiger partial charge in [0, 0.05) is 5.02 Å². The summed E-state index contributed by atoms with van der Waals surface area (Å²) >= 11 is 5.88. The molecule has 1 heterocycles. The van der Waals surface area contributed by atoms with E-state index in [0.29, 0.717) is 29.7 Å². The lowest BCUT2D eigenvalue weighted by molar-refractivity contribution is 0.284. The average molecular weight is 345 g/mol. The van der Waals surface area contributed by atoms with E-state index in [1.807, 2.05) is 42.5 Å². The number of aromatic nitrogens is 3. The third-order valence-corrected chi connectivity index (χ3v) is 3.67. The van der Waals surface area contributed by atoms with Crippen LogP contribution in [0.3, 0.4) is 0 Å². The lowest BCUT2D eigenvalue weighted by Gasteiger charge is -2.13. The topological polar surface area (TPSA) is 61.2 Å². The van der Waals surface area contributed by atoms with Crippen molar-refractivity contribution in [3.63, 3.8) is 0 Å². The third-order valence-electron chi connectivity index (χ3n) is 3.42. The molecule has 0 atom stereocenters. The Bertz CT molecular complexity index is 776. The highest BCUT2D eigenvalue weighted by atomic mass is 35.5. The van der Waals surface area contributed by atoms with Gasteiger partial charge in [0.15, 0.2) is 11.5 Å². The number of methoxy groups -OCH3 is 1. The Morgan fingerprint density at radius 2 is 1.71 bits per heavy atom. The number of halogens is 1. The molecule has 6 nitrogen and oxygen atoms in total. The summed E-state index contributed by atoms with van der Waals surface area (Å²) in [7, 11) is 1.63. The number of benzene rings is 2. The van der Waals surface area contributed by atoms with Gasteiger partial charge in [-0.3, -0.25) is 0 Å². The summed E-state index contributed by atoms with van der Waals surface area (Å²) in [5.41, 5.74) is 5.25. The Morgan fingerprint density at radius 1 is 1.00 bits per heavy atom. The van der Waals surface area contributed by atoms with E-state index in [4.69, 9.17) is 21.1 Å². The van der Waals surface area contributed by atoms with Crippen molar-refractivity contribution in [1.29, 1.82) is 0 Å². The van der Waals surface area contributed by atoms with Crippen molar-refractivity contribution < 1.29 is 9.47 Å². The van der Waals surface area contributed by atoms with Gasteiger partial charge in [-0.2, -0.15) is 0 Å². The summed E-state index contributed by atoms with van der Waals surface area (Å²) in [6.07, 6.45) is 3.20. The van der Waals surface area contributed by atoms with Crippen LogP contribution in [0.25, 0.3) is 0 Å². The predicted molar refractivity (Wildman–Crippen MR) is 91.9 cm³/mol. The van der Waals surface area contributed by atoms with E-state index in [9.17, 15) is 0 Å². The highest BCUT2D eigenvalue weighted by molar-refractivity contribution is 6.30. The first-order valence-corrected chi connectivity index (χ1v) is 7.75. The Hall–Kier alpha value is -2.73. The molecule has 2 aromatic carbocycles. The third kappa shape index (κ3) is 4.17. The molecule has 0 saturated carbocycles. The van der Waals surface area contributed by atoms with Gasteiger partial charge in [-0.15, -0.1) is 10.2 Å². The van der Waals surface area contributed by atoms with Crippen molar-refractivity contribution in [2.45, 2.75) is 13.2 Å². The molecule has 0 unspecified atom stereocenters. The van der Waals surface area contributed by atoms with E-state index in [2.05, 4.69) is 15.6 Å². The van der Waals surface area contributed by atoms with Crippen LogP contribution in [0.15, 0.2) is 55.1 Å². The first-order valence-electron chi connectivity index (χ1n) is 7.37. The molecular weight excluding hydrogens is 328 g/mol. The Balaban J connectivity index is 1.63. The zero-order valence-electron chi connectivity index (χ0n) is 13.1. The average Bonchev–Trinajstić information content (AvgIpc) is 3.13. The molecule has 3 aromatic rings. The van der Waals surface area contributed by atoms with E-state index in [1.165, 1.54) is 0 Å². The summed E-state index contributed by atoms with van der Waals surface area (Å²) in [5, 5.41) is 8.19. The van der Waals surface area contributed by atoms with Crippen LogP contribution in [0, 0.1) is 0 Å². The first kappa shape index (κ1) is 16.1. The molecular formula is C17H17ClN4O2. The molecule has 1 N–H and O–H groups in total. The van der Waals surface area contributed by atoms with Gasteiger partial charge < -0.3 is 14.9 Å². The summed E-state index contributed by atoms with van der Waals surface area (Å²) in [6.45, 7) is 1.07. The minimum atomic E-state index is 0.450. The second-order valence-corrected chi connectivity index (χ2v) is 5.54.